The Hall–Kier alpha value is -1.06. The summed E-state index contributed by atoms with van der Waals surface area (Å²) in [6.07, 6.45) is 6.17. The van der Waals surface area contributed by atoms with Crippen LogP contribution in [-0.2, 0) is 5.41 Å². The smallest absolute Gasteiger partial charge is 0.251 e. The summed E-state index contributed by atoms with van der Waals surface area (Å²) in [7, 11) is 4.27. The van der Waals surface area contributed by atoms with Crippen LogP contribution in [-0.4, -0.2) is 37.0 Å². The molecular weight excluding hydrogens is 320 g/mol. The van der Waals surface area contributed by atoms with E-state index in [1.807, 2.05) is 12.1 Å². The lowest BCUT2D eigenvalue weighted by atomic mass is 9.80. The fourth-order valence-electron chi connectivity index (χ4n) is 3.46. The van der Waals surface area contributed by atoms with Crippen LogP contribution in [0, 0.1) is 0 Å². The van der Waals surface area contributed by atoms with Crippen molar-refractivity contribution in [1.82, 2.24) is 10.2 Å². The molecule has 1 fully saturated rings. The van der Waals surface area contributed by atoms with Crippen molar-refractivity contribution < 1.29 is 4.79 Å². The van der Waals surface area contributed by atoms with Gasteiger partial charge < -0.3 is 10.2 Å². The van der Waals surface area contributed by atoms with Crippen LogP contribution in [0.3, 0.4) is 0 Å². The first kappa shape index (κ1) is 21.0. The molecule has 0 unspecified atom stereocenters. The number of halogens is 1. The number of amides is 1. The molecule has 0 aromatic heterocycles. The minimum Gasteiger partial charge on any atom is -0.350 e. The molecule has 3 nitrogen and oxygen atoms in total. The fourth-order valence-corrected chi connectivity index (χ4v) is 3.46. The average molecular weight is 353 g/mol. The first-order valence-corrected chi connectivity index (χ1v) is 8.81. The van der Waals surface area contributed by atoms with Crippen LogP contribution in [0.2, 0.25) is 0 Å². The van der Waals surface area contributed by atoms with Crippen molar-refractivity contribution in [2.24, 2.45) is 0 Å². The van der Waals surface area contributed by atoms with Gasteiger partial charge in [0, 0.05) is 17.6 Å². The predicted molar refractivity (Wildman–Crippen MR) is 104 cm³/mol. The minimum absolute atomic E-state index is 0. The molecule has 0 aliphatic heterocycles. The van der Waals surface area contributed by atoms with Gasteiger partial charge in [-0.1, -0.05) is 52.2 Å². The Labute approximate surface area is 153 Å². The molecule has 0 atom stereocenters. The van der Waals surface area contributed by atoms with Gasteiger partial charge in [0.2, 0.25) is 0 Å². The topological polar surface area (TPSA) is 32.3 Å². The largest absolute Gasteiger partial charge is 0.350 e. The number of rotatable bonds is 4. The molecule has 1 N–H and O–H groups in total. The van der Waals surface area contributed by atoms with Gasteiger partial charge in [0.05, 0.1) is 0 Å². The summed E-state index contributed by atoms with van der Waals surface area (Å²) in [5.41, 5.74) is 2.25. The Balaban J connectivity index is 0.00000288. The molecule has 1 aliphatic carbocycles. The second-order valence-electron chi connectivity index (χ2n) is 8.19. The highest BCUT2D eigenvalue weighted by Gasteiger charge is 2.34. The molecule has 0 spiro atoms. The van der Waals surface area contributed by atoms with E-state index in [9.17, 15) is 4.79 Å². The van der Waals surface area contributed by atoms with Gasteiger partial charge in [0.1, 0.15) is 0 Å². The monoisotopic (exact) mass is 352 g/mol. The SMILES string of the molecule is CN(C)C1(CNC(=O)c2ccc(C(C)(C)C)cc2)CCCCC1.Cl. The molecule has 1 amide bonds. The maximum absolute atomic E-state index is 12.5. The van der Waals surface area contributed by atoms with Gasteiger partial charge in [-0.05, 0) is 50.0 Å². The molecule has 1 aromatic carbocycles. The van der Waals surface area contributed by atoms with Gasteiger partial charge in [-0.15, -0.1) is 12.4 Å². The van der Waals surface area contributed by atoms with Crippen LogP contribution in [0.1, 0.15) is 68.8 Å². The average Bonchev–Trinajstić information content (AvgIpc) is 2.52. The van der Waals surface area contributed by atoms with Crippen LogP contribution in [0.25, 0.3) is 0 Å². The lowest BCUT2D eigenvalue weighted by molar-refractivity contribution is 0.0799. The van der Waals surface area contributed by atoms with E-state index >= 15 is 0 Å². The zero-order valence-corrected chi connectivity index (χ0v) is 16.6. The summed E-state index contributed by atoms with van der Waals surface area (Å²) in [6.45, 7) is 7.30. The highest BCUT2D eigenvalue weighted by atomic mass is 35.5. The number of hydrogen-bond donors (Lipinski definition) is 1. The molecule has 0 heterocycles. The highest BCUT2D eigenvalue weighted by molar-refractivity contribution is 5.94. The lowest BCUT2D eigenvalue weighted by Crippen LogP contribution is -2.53. The standard InChI is InChI=1S/C20H32N2O.ClH/c1-19(2,3)17-11-9-16(10-12-17)18(23)21-15-20(22(4)5)13-7-6-8-14-20;/h9-12H,6-8,13-15H2,1-5H3,(H,21,23);1H. The fraction of sp³-hybridized carbons (Fsp3) is 0.650. The van der Waals surface area contributed by atoms with Crippen molar-refractivity contribution in [2.75, 3.05) is 20.6 Å². The summed E-state index contributed by atoms with van der Waals surface area (Å²) < 4.78 is 0. The van der Waals surface area contributed by atoms with E-state index < -0.39 is 0 Å². The van der Waals surface area contributed by atoms with Crippen molar-refractivity contribution in [1.29, 1.82) is 0 Å². The molecule has 0 radical (unpaired) electrons. The number of nitrogens with zero attached hydrogens (tertiary/aromatic N) is 1. The third kappa shape index (κ3) is 4.97. The molecule has 1 aromatic rings. The van der Waals surface area contributed by atoms with Crippen molar-refractivity contribution in [2.45, 2.75) is 63.8 Å². The van der Waals surface area contributed by atoms with Crippen LogP contribution in [0.5, 0.6) is 0 Å². The molecule has 1 saturated carbocycles. The Morgan fingerprint density at radius 1 is 1.08 bits per heavy atom. The maximum atomic E-state index is 12.5. The zero-order chi connectivity index (χ0) is 17.1. The summed E-state index contributed by atoms with van der Waals surface area (Å²) in [4.78, 5) is 14.8. The summed E-state index contributed by atoms with van der Waals surface area (Å²) in [6, 6.07) is 8.02. The van der Waals surface area contributed by atoms with Crippen LogP contribution < -0.4 is 5.32 Å². The zero-order valence-electron chi connectivity index (χ0n) is 15.8. The van der Waals surface area contributed by atoms with Gasteiger partial charge in [-0.3, -0.25) is 4.79 Å². The minimum atomic E-state index is 0. The molecule has 24 heavy (non-hydrogen) atoms. The van der Waals surface area contributed by atoms with E-state index in [0.717, 1.165) is 12.1 Å². The Morgan fingerprint density at radius 2 is 1.62 bits per heavy atom. The maximum Gasteiger partial charge on any atom is 0.251 e. The molecule has 136 valence electrons. The Kier molecular flexibility index (Phi) is 7.30. The normalized spacial score (nSPS) is 17.2. The molecule has 4 heteroatoms. The van der Waals surface area contributed by atoms with Gasteiger partial charge in [-0.25, -0.2) is 0 Å². The molecule has 0 bridgehead atoms. The number of hydrogen-bond acceptors (Lipinski definition) is 2. The first-order chi connectivity index (χ1) is 10.7. The summed E-state index contributed by atoms with van der Waals surface area (Å²) in [5, 5.41) is 3.17. The Morgan fingerprint density at radius 3 is 2.08 bits per heavy atom. The van der Waals surface area contributed by atoms with E-state index in [4.69, 9.17) is 0 Å². The number of benzene rings is 1. The second kappa shape index (κ2) is 8.35. The van der Waals surface area contributed by atoms with Crippen molar-refractivity contribution in [3.8, 4) is 0 Å². The third-order valence-electron chi connectivity index (χ3n) is 5.32. The lowest BCUT2D eigenvalue weighted by Gasteiger charge is -2.43. The van der Waals surface area contributed by atoms with Gasteiger partial charge >= 0.3 is 0 Å². The molecular formula is C20H33ClN2O. The molecule has 0 saturated heterocycles. The first-order valence-electron chi connectivity index (χ1n) is 8.81. The third-order valence-corrected chi connectivity index (χ3v) is 5.32. The quantitative estimate of drug-likeness (QED) is 0.871. The van der Waals surface area contributed by atoms with E-state index in [1.165, 1.54) is 37.7 Å². The van der Waals surface area contributed by atoms with Gasteiger partial charge in [0.15, 0.2) is 0 Å². The van der Waals surface area contributed by atoms with E-state index in [1.54, 1.807) is 0 Å². The predicted octanol–water partition coefficient (Wildman–Crippen LogP) is 4.40. The van der Waals surface area contributed by atoms with E-state index in [0.29, 0.717) is 0 Å². The molecule has 1 aliphatic rings. The number of carbonyl (C=O) groups excluding carboxylic acids is 1. The number of nitrogens with one attached hydrogen (secondary N) is 1. The van der Waals surface area contributed by atoms with Crippen LogP contribution >= 0.6 is 12.4 Å². The van der Waals surface area contributed by atoms with Gasteiger partial charge in [-0.2, -0.15) is 0 Å². The van der Waals surface area contributed by atoms with Crippen molar-refractivity contribution in [3.63, 3.8) is 0 Å². The van der Waals surface area contributed by atoms with E-state index in [-0.39, 0.29) is 29.3 Å². The van der Waals surface area contributed by atoms with E-state index in [2.05, 4.69) is 57.2 Å². The summed E-state index contributed by atoms with van der Waals surface area (Å²) >= 11 is 0. The number of likely N-dealkylation sites (N-methyl/N-ethyl adjacent to an activating group) is 1. The Bertz CT molecular complexity index is 526. The van der Waals surface area contributed by atoms with Crippen molar-refractivity contribution in [3.05, 3.63) is 35.4 Å². The van der Waals surface area contributed by atoms with Crippen LogP contribution in [0.15, 0.2) is 24.3 Å². The van der Waals surface area contributed by atoms with Gasteiger partial charge in [0.25, 0.3) is 5.91 Å². The second-order valence-corrected chi connectivity index (χ2v) is 8.19. The molecule has 2 rings (SSSR count). The number of carbonyl (C=O) groups is 1. The summed E-state index contributed by atoms with van der Waals surface area (Å²) in [5.74, 6) is 0.0391. The van der Waals surface area contributed by atoms with Crippen molar-refractivity contribution >= 4 is 18.3 Å². The van der Waals surface area contributed by atoms with Crippen LogP contribution in [0.4, 0.5) is 0 Å². The highest BCUT2D eigenvalue weighted by Crippen LogP contribution is 2.31.